The molecule has 3 aromatic rings. The van der Waals surface area contributed by atoms with E-state index in [0.29, 0.717) is 35.4 Å². The summed E-state index contributed by atoms with van der Waals surface area (Å²) in [7, 11) is 0. The molecule has 0 atom stereocenters. The van der Waals surface area contributed by atoms with Crippen LogP contribution >= 0.6 is 22.9 Å². The minimum atomic E-state index is -0.651. The fourth-order valence-electron chi connectivity index (χ4n) is 2.53. The van der Waals surface area contributed by atoms with Gasteiger partial charge in [0.25, 0.3) is 11.6 Å². The molecule has 0 radical (unpaired) electrons. The van der Waals surface area contributed by atoms with Gasteiger partial charge < -0.3 is 9.47 Å². The molecule has 4 rings (SSSR count). The highest BCUT2D eigenvalue weighted by atomic mass is 35.5. The zero-order valence-corrected chi connectivity index (χ0v) is 14.6. The molecule has 1 aliphatic heterocycles. The number of halogens is 1. The molecule has 1 aromatic heterocycles. The molecule has 2 heterocycles. The lowest BCUT2D eigenvalue weighted by atomic mass is 10.1. The zero-order chi connectivity index (χ0) is 18.3. The third-order valence-electron chi connectivity index (χ3n) is 3.67. The second kappa shape index (κ2) is 6.43. The number of fused-ring (bicyclic) bond motifs is 2. The molecular weight excluding hydrogens is 382 g/mol. The van der Waals surface area contributed by atoms with Gasteiger partial charge in [-0.3, -0.25) is 20.2 Å². The summed E-state index contributed by atoms with van der Waals surface area (Å²) in [6.07, 6.45) is 0. The smallest absolute Gasteiger partial charge is 0.283 e. The molecule has 1 N–H and O–H groups in total. The maximum atomic E-state index is 12.4. The maximum absolute atomic E-state index is 12.4. The van der Waals surface area contributed by atoms with E-state index >= 15 is 0 Å². The van der Waals surface area contributed by atoms with Gasteiger partial charge in [0, 0.05) is 23.2 Å². The number of nitrogens with one attached hydrogen (secondary N) is 1. The van der Waals surface area contributed by atoms with Gasteiger partial charge in [-0.2, -0.15) is 0 Å². The van der Waals surface area contributed by atoms with Crippen molar-refractivity contribution in [2.75, 3.05) is 18.5 Å². The lowest BCUT2D eigenvalue weighted by molar-refractivity contribution is -0.385. The number of anilines is 1. The van der Waals surface area contributed by atoms with Crippen LogP contribution in [0.3, 0.4) is 0 Å². The van der Waals surface area contributed by atoms with Crippen LogP contribution in [0, 0.1) is 10.1 Å². The summed E-state index contributed by atoms with van der Waals surface area (Å²) in [5.41, 5.74) is 0.179. The molecular formula is C16H10ClN3O5S. The maximum Gasteiger partial charge on any atom is 0.283 e. The number of benzene rings is 2. The van der Waals surface area contributed by atoms with E-state index in [1.807, 2.05) is 0 Å². The number of rotatable bonds is 3. The van der Waals surface area contributed by atoms with E-state index in [1.165, 1.54) is 23.5 Å². The number of nitro benzene ring substituents is 1. The van der Waals surface area contributed by atoms with Crippen LogP contribution < -0.4 is 14.8 Å². The molecule has 0 saturated carbocycles. The first-order valence-corrected chi connectivity index (χ1v) is 8.66. The molecule has 0 fully saturated rings. The first-order chi connectivity index (χ1) is 12.5. The van der Waals surface area contributed by atoms with Crippen molar-refractivity contribution >= 4 is 49.9 Å². The van der Waals surface area contributed by atoms with Crippen molar-refractivity contribution < 1.29 is 19.2 Å². The lowest BCUT2D eigenvalue weighted by Gasteiger charge is -2.17. The van der Waals surface area contributed by atoms with Crippen LogP contribution in [-0.2, 0) is 0 Å². The van der Waals surface area contributed by atoms with E-state index in [9.17, 15) is 14.9 Å². The molecule has 132 valence electrons. The summed E-state index contributed by atoms with van der Waals surface area (Å²) in [5.74, 6) is 0.587. The Morgan fingerprint density at radius 3 is 2.69 bits per heavy atom. The number of carbonyl (C=O) groups is 1. The zero-order valence-electron chi connectivity index (χ0n) is 13.0. The first-order valence-electron chi connectivity index (χ1n) is 7.47. The van der Waals surface area contributed by atoms with Crippen molar-refractivity contribution in [1.29, 1.82) is 0 Å². The van der Waals surface area contributed by atoms with Gasteiger partial charge in [-0.15, -0.1) is 0 Å². The highest BCUT2D eigenvalue weighted by Crippen LogP contribution is 2.38. The fourth-order valence-corrected chi connectivity index (χ4v) is 3.57. The Balaban J connectivity index is 1.65. The molecule has 1 amide bonds. The van der Waals surface area contributed by atoms with Crippen molar-refractivity contribution in [3.8, 4) is 11.5 Å². The summed E-state index contributed by atoms with van der Waals surface area (Å²) < 4.78 is 11.8. The van der Waals surface area contributed by atoms with Crippen molar-refractivity contribution in [2.45, 2.75) is 0 Å². The molecule has 0 bridgehead atoms. The van der Waals surface area contributed by atoms with Gasteiger partial charge in [0.1, 0.15) is 18.8 Å². The number of hydrogen-bond donors (Lipinski definition) is 1. The highest BCUT2D eigenvalue weighted by molar-refractivity contribution is 7.22. The van der Waals surface area contributed by atoms with E-state index in [-0.39, 0.29) is 16.3 Å². The third-order valence-corrected chi connectivity index (χ3v) is 4.84. The van der Waals surface area contributed by atoms with Gasteiger partial charge in [-0.05, 0) is 12.1 Å². The molecule has 10 heteroatoms. The molecule has 2 aromatic carbocycles. The van der Waals surface area contributed by atoms with E-state index in [1.54, 1.807) is 12.1 Å². The molecule has 1 aliphatic rings. The van der Waals surface area contributed by atoms with Gasteiger partial charge >= 0.3 is 0 Å². The Morgan fingerprint density at radius 2 is 1.96 bits per heavy atom. The normalized spacial score (nSPS) is 12.8. The average molecular weight is 392 g/mol. The molecule has 0 saturated heterocycles. The Morgan fingerprint density at radius 1 is 1.23 bits per heavy atom. The van der Waals surface area contributed by atoms with Crippen LogP contribution in [0.4, 0.5) is 10.8 Å². The number of carbonyl (C=O) groups excluding carboxylic acids is 1. The number of hydrogen-bond acceptors (Lipinski definition) is 7. The second-order valence-electron chi connectivity index (χ2n) is 5.36. The predicted octanol–water partition coefficient (Wildman–Crippen LogP) is 3.88. The molecule has 0 spiro atoms. The third kappa shape index (κ3) is 3.02. The van der Waals surface area contributed by atoms with E-state index in [0.717, 1.165) is 10.8 Å². The molecule has 0 aliphatic carbocycles. The summed E-state index contributed by atoms with van der Waals surface area (Å²) in [4.78, 5) is 27.3. The van der Waals surface area contributed by atoms with Crippen LogP contribution in [0.15, 0.2) is 30.3 Å². The van der Waals surface area contributed by atoms with Gasteiger partial charge in [0.15, 0.2) is 16.6 Å². The van der Waals surface area contributed by atoms with Crippen molar-refractivity contribution in [2.24, 2.45) is 0 Å². The van der Waals surface area contributed by atoms with E-state index in [2.05, 4.69) is 10.3 Å². The number of thiazole rings is 1. The first kappa shape index (κ1) is 16.6. The Bertz CT molecular complexity index is 1010. The van der Waals surface area contributed by atoms with Crippen LogP contribution in [0.25, 0.3) is 10.2 Å². The fraction of sp³-hybridized carbons (Fsp3) is 0.125. The second-order valence-corrected chi connectivity index (χ2v) is 6.82. The Hall–Kier alpha value is -2.91. The Kier molecular flexibility index (Phi) is 4.09. The Labute approximate surface area is 155 Å². The summed E-state index contributed by atoms with van der Waals surface area (Å²) >= 11 is 7.01. The number of ether oxygens (including phenoxy) is 2. The van der Waals surface area contributed by atoms with Crippen LogP contribution in [0.2, 0.25) is 5.02 Å². The van der Waals surface area contributed by atoms with Crippen molar-refractivity contribution in [3.63, 3.8) is 0 Å². The lowest BCUT2D eigenvalue weighted by Crippen LogP contribution is -2.15. The van der Waals surface area contributed by atoms with Gasteiger partial charge in [-0.1, -0.05) is 22.9 Å². The van der Waals surface area contributed by atoms with Gasteiger partial charge in [-0.25, -0.2) is 4.98 Å². The summed E-state index contributed by atoms with van der Waals surface area (Å²) in [5, 5.41) is 14.2. The molecule has 0 unspecified atom stereocenters. The van der Waals surface area contributed by atoms with Crippen LogP contribution in [0.5, 0.6) is 11.5 Å². The summed E-state index contributed by atoms with van der Waals surface area (Å²) in [6, 6.07) is 7.40. The molecule has 26 heavy (non-hydrogen) atoms. The number of aromatic nitrogens is 1. The number of nitro groups is 1. The predicted molar refractivity (Wildman–Crippen MR) is 96.7 cm³/mol. The summed E-state index contributed by atoms with van der Waals surface area (Å²) in [6.45, 7) is 0.938. The minimum absolute atomic E-state index is 0.0929. The molecule has 8 nitrogen and oxygen atoms in total. The standard InChI is InChI=1S/C16H10ClN3O5S/c17-8-1-2-9(11(5-8)20(22)23)15(21)19-16-18-10-6-12-13(7-14(10)26-16)25-4-3-24-12/h1-2,5-7H,3-4H2,(H,18,19,21). The van der Waals surface area contributed by atoms with Crippen LogP contribution in [0.1, 0.15) is 10.4 Å². The average Bonchev–Trinajstić information content (AvgIpc) is 3.00. The quantitative estimate of drug-likeness (QED) is 0.536. The van der Waals surface area contributed by atoms with Gasteiger partial charge in [0.2, 0.25) is 0 Å². The van der Waals surface area contributed by atoms with Crippen molar-refractivity contribution in [3.05, 3.63) is 51.0 Å². The number of amides is 1. The SMILES string of the molecule is O=C(Nc1nc2cc3c(cc2s1)OCCO3)c1ccc(Cl)cc1[N+](=O)[O-]. The minimum Gasteiger partial charge on any atom is -0.486 e. The van der Waals surface area contributed by atoms with Crippen LogP contribution in [-0.4, -0.2) is 29.0 Å². The van der Waals surface area contributed by atoms with E-state index < -0.39 is 10.8 Å². The topological polar surface area (TPSA) is 104 Å². The monoisotopic (exact) mass is 391 g/mol. The van der Waals surface area contributed by atoms with Gasteiger partial charge in [0.05, 0.1) is 15.1 Å². The highest BCUT2D eigenvalue weighted by Gasteiger charge is 2.22. The number of nitrogens with zero attached hydrogens (tertiary/aromatic N) is 2. The van der Waals surface area contributed by atoms with Crippen molar-refractivity contribution in [1.82, 2.24) is 4.98 Å². The largest absolute Gasteiger partial charge is 0.486 e. The van der Waals surface area contributed by atoms with E-state index in [4.69, 9.17) is 21.1 Å².